The zero-order valence-electron chi connectivity index (χ0n) is 8.85. The Bertz CT molecular complexity index is 462. The molecule has 0 aliphatic carbocycles. The smallest absolute Gasteiger partial charge is 0.198 e. The van der Waals surface area contributed by atoms with Crippen LogP contribution in [0.2, 0.25) is 0 Å². The van der Waals surface area contributed by atoms with Gasteiger partial charge in [-0.2, -0.15) is 0 Å². The van der Waals surface area contributed by atoms with E-state index in [1.54, 1.807) is 6.92 Å². The summed E-state index contributed by atoms with van der Waals surface area (Å²) in [5.41, 5.74) is 1.70. The molecule has 3 nitrogen and oxygen atoms in total. The lowest BCUT2D eigenvalue weighted by Gasteiger charge is -1.97. The number of aromatic nitrogens is 1. The van der Waals surface area contributed by atoms with Crippen LogP contribution in [0.1, 0.15) is 30.2 Å². The van der Waals surface area contributed by atoms with Crippen LogP contribution < -0.4 is 0 Å². The fraction of sp³-hybridized carbons (Fsp3) is 0.250. The molecule has 84 valence electrons. The summed E-state index contributed by atoms with van der Waals surface area (Å²) in [6, 6.07) is 7.98. The second kappa shape index (κ2) is 4.80. The molecule has 1 unspecified atom stereocenters. The predicted molar refractivity (Wildman–Crippen MR) is 64.1 cm³/mol. The number of hydrogen-bond donors (Lipinski definition) is 1. The lowest BCUT2D eigenvalue weighted by molar-refractivity contribution is 0.194. The van der Waals surface area contributed by atoms with Crippen LogP contribution >= 0.6 is 15.9 Å². The molecule has 0 saturated heterocycles. The molecule has 1 atom stereocenters. The zero-order chi connectivity index (χ0) is 11.5. The van der Waals surface area contributed by atoms with Crippen molar-refractivity contribution in [1.82, 2.24) is 4.98 Å². The van der Waals surface area contributed by atoms with E-state index in [4.69, 9.17) is 4.42 Å². The fourth-order valence-electron chi connectivity index (χ4n) is 1.38. The van der Waals surface area contributed by atoms with Crippen LogP contribution in [-0.4, -0.2) is 10.1 Å². The molecule has 0 aliphatic rings. The molecule has 1 aromatic heterocycles. The number of hydrogen-bond acceptors (Lipinski definition) is 3. The largest absolute Gasteiger partial charge is 0.448 e. The Balaban J connectivity index is 2.11. The summed E-state index contributed by atoms with van der Waals surface area (Å²) in [4.78, 5) is 4.20. The maximum absolute atomic E-state index is 9.31. The standard InChI is InChI=1S/C12H12BrNO2/c1-8(15)11-7-16-12(14-11)6-9-2-4-10(13)5-3-9/h2-5,7-8,15H,6H2,1H3. The molecule has 1 aromatic carbocycles. The van der Waals surface area contributed by atoms with Crippen LogP contribution in [0.3, 0.4) is 0 Å². The molecule has 0 saturated carbocycles. The van der Waals surface area contributed by atoms with Gasteiger partial charge < -0.3 is 9.52 Å². The van der Waals surface area contributed by atoms with Crippen LogP contribution in [-0.2, 0) is 6.42 Å². The Kier molecular flexibility index (Phi) is 3.41. The van der Waals surface area contributed by atoms with Crippen molar-refractivity contribution in [2.24, 2.45) is 0 Å². The first-order valence-corrected chi connectivity index (χ1v) is 5.81. The first kappa shape index (κ1) is 11.4. The van der Waals surface area contributed by atoms with Gasteiger partial charge in [0.1, 0.15) is 12.0 Å². The molecule has 0 radical (unpaired) electrons. The number of aliphatic hydroxyl groups excluding tert-OH is 1. The van der Waals surface area contributed by atoms with Gasteiger partial charge in [-0.05, 0) is 24.6 Å². The summed E-state index contributed by atoms with van der Waals surface area (Å²) in [6.07, 6.45) is 1.56. The average Bonchev–Trinajstić information content (AvgIpc) is 2.70. The summed E-state index contributed by atoms with van der Waals surface area (Å²) in [7, 11) is 0. The van der Waals surface area contributed by atoms with Gasteiger partial charge in [-0.25, -0.2) is 4.98 Å². The number of aliphatic hydroxyl groups is 1. The van der Waals surface area contributed by atoms with Crippen molar-refractivity contribution in [2.75, 3.05) is 0 Å². The highest BCUT2D eigenvalue weighted by Gasteiger charge is 2.08. The Labute approximate surface area is 102 Å². The topological polar surface area (TPSA) is 46.3 Å². The van der Waals surface area contributed by atoms with Crippen LogP contribution in [0.4, 0.5) is 0 Å². The van der Waals surface area contributed by atoms with E-state index in [1.165, 1.54) is 6.26 Å². The van der Waals surface area contributed by atoms with Gasteiger partial charge in [0.15, 0.2) is 5.89 Å². The van der Waals surface area contributed by atoms with Crippen LogP contribution in [0, 0.1) is 0 Å². The highest BCUT2D eigenvalue weighted by Crippen LogP contribution is 2.16. The van der Waals surface area contributed by atoms with Gasteiger partial charge in [0.2, 0.25) is 0 Å². The number of nitrogens with zero attached hydrogens (tertiary/aromatic N) is 1. The fourth-order valence-corrected chi connectivity index (χ4v) is 1.64. The summed E-state index contributed by atoms with van der Waals surface area (Å²) in [5.74, 6) is 0.623. The van der Waals surface area contributed by atoms with E-state index in [2.05, 4.69) is 20.9 Å². The van der Waals surface area contributed by atoms with Crippen molar-refractivity contribution in [3.63, 3.8) is 0 Å². The van der Waals surface area contributed by atoms with Gasteiger partial charge in [0.25, 0.3) is 0 Å². The lowest BCUT2D eigenvalue weighted by Crippen LogP contribution is -1.93. The highest BCUT2D eigenvalue weighted by atomic mass is 79.9. The average molecular weight is 282 g/mol. The van der Waals surface area contributed by atoms with Gasteiger partial charge in [-0.15, -0.1) is 0 Å². The molecular weight excluding hydrogens is 270 g/mol. The molecule has 0 aliphatic heterocycles. The molecule has 2 rings (SSSR count). The van der Waals surface area contributed by atoms with Gasteiger partial charge in [-0.3, -0.25) is 0 Å². The third kappa shape index (κ3) is 2.71. The third-order valence-electron chi connectivity index (χ3n) is 2.27. The van der Waals surface area contributed by atoms with Crippen LogP contribution in [0.15, 0.2) is 39.4 Å². The molecule has 4 heteroatoms. The van der Waals surface area contributed by atoms with Crippen molar-refractivity contribution >= 4 is 15.9 Å². The van der Waals surface area contributed by atoms with E-state index in [1.807, 2.05) is 24.3 Å². The Morgan fingerprint density at radius 1 is 1.38 bits per heavy atom. The van der Waals surface area contributed by atoms with Crippen molar-refractivity contribution in [3.8, 4) is 0 Å². The normalized spacial score (nSPS) is 12.7. The molecule has 2 aromatic rings. The van der Waals surface area contributed by atoms with Crippen LogP contribution in [0.25, 0.3) is 0 Å². The maximum atomic E-state index is 9.31. The van der Waals surface area contributed by atoms with E-state index in [-0.39, 0.29) is 0 Å². The highest BCUT2D eigenvalue weighted by molar-refractivity contribution is 9.10. The number of benzene rings is 1. The number of rotatable bonds is 3. The minimum atomic E-state index is -0.581. The Morgan fingerprint density at radius 2 is 2.06 bits per heavy atom. The second-order valence-corrected chi connectivity index (χ2v) is 4.56. The Morgan fingerprint density at radius 3 is 2.62 bits per heavy atom. The number of oxazole rings is 1. The van der Waals surface area contributed by atoms with Gasteiger partial charge in [0.05, 0.1) is 6.10 Å². The molecular formula is C12H12BrNO2. The summed E-state index contributed by atoms with van der Waals surface area (Å²) < 4.78 is 6.33. The molecule has 0 spiro atoms. The van der Waals surface area contributed by atoms with E-state index >= 15 is 0 Å². The minimum Gasteiger partial charge on any atom is -0.448 e. The molecule has 1 heterocycles. The maximum Gasteiger partial charge on any atom is 0.198 e. The van der Waals surface area contributed by atoms with Gasteiger partial charge >= 0.3 is 0 Å². The second-order valence-electron chi connectivity index (χ2n) is 3.65. The van der Waals surface area contributed by atoms with Crippen molar-refractivity contribution in [3.05, 3.63) is 52.1 Å². The van der Waals surface area contributed by atoms with Crippen molar-refractivity contribution < 1.29 is 9.52 Å². The Hall–Kier alpha value is -1.13. The van der Waals surface area contributed by atoms with E-state index < -0.39 is 6.10 Å². The molecule has 16 heavy (non-hydrogen) atoms. The third-order valence-corrected chi connectivity index (χ3v) is 2.79. The first-order valence-electron chi connectivity index (χ1n) is 5.02. The monoisotopic (exact) mass is 281 g/mol. The quantitative estimate of drug-likeness (QED) is 0.941. The summed E-state index contributed by atoms with van der Waals surface area (Å²) in [6.45, 7) is 1.67. The summed E-state index contributed by atoms with van der Waals surface area (Å²) in [5, 5.41) is 9.31. The molecule has 0 fully saturated rings. The summed E-state index contributed by atoms with van der Waals surface area (Å²) >= 11 is 3.38. The van der Waals surface area contributed by atoms with Gasteiger partial charge in [0, 0.05) is 10.9 Å². The predicted octanol–water partition coefficient (Wildman–Crippen LogP) is 3.08. The van der Waals surface area contributed by atoms with E-state index in [9.17, 15) is 5.11 Å². The van der Waals surface area contributed by atoms with E-state index in [0.717, 1.165) is 10.0 Å². The SMILES string of the molecule is CC(O)c1coc(Cc2ccc(Br)cc2)n1. The van der Waals surface area contributed by atoms with E-state index in [0.29, 0.717) is 18.0 Å². The van der Waals surface area contributed by atoms with Gasteiger partial charge in [-0.1, -0.05) is 28.1 Å². The number of halogens is 1. The minimum absolute atomic E-state index is 0.576. The lowest BCUT2D eigenvalue weighted by atomic mass is 10.1. The van der Waals surface area contributed by atoms with Crippen LogP contribution in [0.5, 0.6) is 0 Å². The van der Waals surface area contributed by atoms with Crippen molar-refractivity contribution in [2.45, 2.75) is 19.4 Å². The van der Waals surface area contributed by atoms with Crippen molar-refractivity contribution in [1.29, 1.82) is 0 Å². The molecule has 0 bridgehead atoms. The molecule has 1 N–H and O–H groups in total. The molecule has 0 amide bonds. The zero-order valence-corrected chi connectivity index (χ0v) is 10.4. The first-order chi connectivity index (χ1) is 7.65.